The Kier molecular flexibility index (Phi) is 4.06. The lowest BCUT2D eigenvalue weighted by atomic mass is 10.2. The fourth-order valence-electron chi connectivity index (χ4n) is 1.37. The molecule has 0 saturated heterocycles. The lowest BCUT2D eigenvalue weighted by molar-refractivity contribution is 0.730. The third-order valence-electron chi connectivity index (χ3n) is 2.21. The van der Waals surface area contributed by atoms with Gasteiger partial charge in [-0.1, -0.05) is 29.3 Å². The minimum absolute atomic E-state index is 0.0772. The van der Waals surface area contributed by atoms with Crippen LogP contribution in [0.4, 0.5) is 0 Å². The van der Waals surface area contributed by atoms with E-state index < -0.39 is 0 Å². The van der Waals surface area contributed by atoms with Crippen molar-refractivity contribution in [1.82, 2.24) is 9.55 Å². The van der Waals surface area contributed by atoms with E-state index in [1.54, 1.807) is 18.2 Å². The Morgan fingerprint density at radius 2 is 2.12 bits per heavy atom. The molecule has 0 N–H and O–H groups in total. The van der Waals surface area contributed by atoms with Crippen molar-refractivity contribution in [2.45, 2.75) is 6.54 Å². The molecule has 0 aliphatic carbocycles. The number of hydrogen-bond donors (Lipinski definition) is 0. The van der Waals surface area contributed by atoms with Gasteiger partial charge in [-0.05, 0) is 40.3 Å². The maximum Gasteiger partial charge on any atom is 0.267 e. The summed E-state index contributed by atoms with van der Waals surface area (Å²) in [5.74, 6) is 0. The molecule has 0 fully saturated rings. The van der Waals surface area contributed by atoms with E-state index in [1.165, 1.54) is 17.1 Å². The van der Waals surface area contributed by atoms with Gasteiger partial charge >= 0.3 is 0 Å². The Balaban J connectivity index is 2.38. The monoisotopic (exact) mass is 380 g/mol. The predicted octanol–water partition coefficient (Wildman–Crippen LogP) is 3.20. The molecule has 0 atom stereocenters. The lowest BCUT2D eigenvalue weighted by Gasteiger charge is -2.07. The van der Waals surface area contributed by atoms with Crippen LogP contribution in [0.5, 0.6) is 0 Å². The van der Waals surface area contributed by atoms with Gasteiger partial charge in [0.1, 0.15) is 0 Å². The first-order valence-corrected chi connectivity index (χ1v) is 6.55. The third kappa shape index (κ3) is 3.00. The van der Waals surface area contributed by atoms with E-state index in [2.05, 4.69) is 4.98 Å². The highest BCUT2D eigenvalue weighted by Crippen LogP contribution is 2.21. The highest BCUT2D eigenvalue weighted by atomic mass is 127. The van der Waals surface area contributed by atoms with E-state index in [1.807, 2.05) is 22.6 Å². The van der Waals surface area contributed by atoms with E-state index in [-0.39, 0.29) is 5.56 Å². The number of benzene rings is 1. The summed E-state index contributed by atoms with van der Waals surface area (Å²) in [4.78, 5) is 15.8. The molecule has 1 aromatic carbocycles. The molecule has 0 aliphatic heterocycles. The summed E-state index contributed by atoms with van der Waals surface area (Å²) in [6, 6.07) is 5.21. The average Bonchev–Trinajstić information content (AvgIpc) is 2.28. The van der Waals surface area contributed by atoms with Crippen molar-refractivity contribution in [1.29, 1.82) is 0 Å². The van der Waals surface area contributed by atoms with Crippen LogP contribution in [0.1, 0.15) is 5.56 Å². The van der Waals surface area contributed by atoms with Gasteiger partial charge in [0.2, 0.25) is 0 Å². The second-order valence-electron chi connectivity index (χ2n) is 3.41. The zero-order valence-electron chi connectivity index (χ0n) is 8.53. The highest BCUT2D eigenvalue weighted by molar-refractivity contribution is 14.1. The van der Waals surface area contributed by atoms with Gasteiger partial charge in [-0.15, -0.1) is 0 Å². The van der Waals surface area contributed by atoms with Crippen LogP contribution in [0.3, 0.4) is 0 Å². The van der Waals surface area contributed by atoms with Crippen LogP contribution in [-0.4, -0.2) is 9.55 Å². The fraction of sp³-hybridized carbons (Fsp3) is 0.0909. The van der Waals surface area contributed by atoms with Gasteiger partial charge in [-0.2, -0.15) is 0 Å². The second kappa shape index (κ2) is 5.37. The molecule has 88 valence electrons. The summed E-state index contributed by atoms with van der Waals surface area (Å²) >= 11 is 13.8. The zero-order valence-corrected chi connectivity index (χ0v) is 12.2. The van der Waals surface area contributed by atoms with E-state index in [0.717, 1.165) is 5.56 Å². The SMILES string of the molecule is O=c1c(I)cncn1Cc1ccc(Cl)cc1Cl. The first-order chi connectivity index (χ1) is 8.08. The molecule has 3 nitrogen and oxygen atoms in total. The van der Waals surface area contributed by atoms with Crippen molar-refractivity contribution in [2.24, 2.45) is 0 Å². The van der Waals surface area contributed by atoms with E-state index in [9.17, 15) is 4.79 Å². The summed E-state index contributed by atoms with van der Waals surface area (Å²) < 4.78 is 2.09. The first-order valence-electron chi connectivity index (χ1n) is 4.72. The van der Waals surface area contributed by atoms with Crippen LogP contribution >= 0.6 is 45.8 Å². The molecule has 0 amide bonds. The van der Waals surface area contributed by atoms with Gasteiger partial charge in [0, 0.05) is 16.2 Å². The summed E-state index contributed by atoms with van der Waals surface area (Å²) in [5.41, 5.74) is 0.758. The molecule has 0 radical (unpaired) electrons. The molecule has 0 saturated carbocycles. The molecular formula is C11H7Cl2IN2O. The van der Waals surface area contributed by atoms with Crippen LogP contribution in [0.15, 0.2) is 35.5 Å². The Labute approximate surface area is 122 Å². The lowest BCUT2D eigenvalue weighted by Crippen LogP contribution is -2.23. The summed E-state index contributed by atoms with van der Waals surface area (Å²) in [6.45, 7) is 0.388. The quantitative estimate of drug-likeness (QED) is 0.750. The summed E-state index contributed by atoms with van der Waals surface area (Å²) in [5, 5.41) is 1.12. The Morgan fingerprint density at radius 1 is 1.35 bits per heavy atom. The van der Waals surface area contributed by atoms with Crippen molar-refractivity contribution in [3.05, 3.63) is 60.3 Å². The van der Waals surface area contributed by atoms with Crippen molar-refractivity contribution in [2.75, 3.05) is 0 Å². The summed E-state index contributed by atoms with van der Waals surface area (Å²) in [6.07, 6.45) is 3.03. The molecule has 0 aliphatic rings. The van der Waals surface area contributed by atoms with Gasteiger partial charge in [0.25, 0.3) is 5.56 Å². The maximum atomic E-state index is 11.8. The standard InChI is InChI=1S/C11H7Cl2IN2O/c12-8-2-1-7(9(13)3-8)5-16-6-15-4-10(14)11(16)17/h1-4,6H,5H2. The Hall–Kier alpha value is -0.590. The molecule has 2 aromatic rings. The van der Waals surface area contributed by atoms with Crippen molar-refractivity contribution >= 4 is 45.8 Å². The Bertz CT molecular complexity index is 613. The van der Waals surface area contributed by atoms with Crippen LogP contribution in [0.2, 0.25) is 10.0 Å². The van der Waals surface area contributed by atoms with Crippen LogP contribution in [0.25, 0.3) is 0 Å². The Morgan fingerprint density at radius 3 is 2.82 bits per heavy atom. The normalized spacial score (nSPS) is 10.5. The number of halogens is 3. The molecule has 2 rings (SSSR count). The molecule has 0 unspecified atom stereocenters. The van der Waals surface area contributed by atoms with Crippen molar-refractivity contribution < 1.29 is 0 Å². The topological polar surface area (TPSA) is 34.9 Å². The molecular weight excluding hydrogens is 374 g/mol. The van der Waals surface area contributed by atoms with Gasteiger partial charge in [-0.25, -0.2) is 4.98 Å². The van der Waals surface area contributed by atoms with Gasteiger partial charge in [-0.3, -0.25) is 9.36 Å². The summed E-state index contributed by atoms with van der Waals surface area (Å²) in [7, 11) is 0. The average molecular weight is 381 g/mol. The minimum Gasteiger partial charge on any atom is -0.294 e. The largest absolute Gasteiger partial charge is 0.294 e. The molecule has 1 aromatic heterocycles. The van der Waals surface area contributed by atoms with E-state index >= 15 is 0 Å². The smallest absolute Gasteiger partial charge is 0.267 e. The number of nitrogens with zero attached hydrogens (tertiary/aromatic N) is 2. The van der Waals surface area contributed by atoms with Crippen LogP contribution < -0.4 is 5.56 Å². The van der Waals surface area contributed by atoms with Crippen LogP contribution in [-0.2, 0) is 6.54 Å². The highest BCUT2D eigenvalue weighted by Gasteiger charge is 2.05. The molecule has 6 heteroatoms. The molecule has 17 heavy (non-hydrogen) atoms. The number of rotatable bonds is 2. The van der Waals surface area contributed by atoms with Gasteiger partial charge < -0.3 is 0 Å². The van der Waals surface area contributed by atoms with Crippen LogP contribution in [0, 0.1) is 3.57 Å². The maximum absolute atomic E-state index is 11.8. The molecule has 1 heterocycles. The van der Waals surface area contributed by atoms with E-state index in [0.29, 0.717) is 20.2 Å². The van der Waals surface area contributed by atoms with Gasteiger partial charge in [0.15, 0.2) is 0 Å². The van der Waals surface area contributed by atoms with Crippen molar-refractivity contribution in [3.8, 4) is 0 Å². The van der Waals surface area contributed by atoms with Gasteiger partial charge in [0.05, 0.1) is 16.4 Å². The second-order valence-corrected chi connectivity index (χ2v) is 5.42. The minimum atomic E-state index is -0.0772. The first kappa shape index (κ1) is 12.9. The number of aromatic nitrogens is 2. The predicted molar refractivity (Wildman–Crippen MR) is 76.8 cm³/mol. The fourth-order valence-corrected chi connectivity index (χ4v) is 2.31. The van der Waals surface area contributed by atoms with Crippen molar-refractivity contribution in [3.63, 3.8) is 0 Å². The zero-order chi connectivity index (χ0) is 12.4. The molecule has 0 spiro atoms. The number of hydrogen-bond acceptors (Lipinski definition) is 2. The third-order valence-corrected chi connectivity index (χ3v) is 3.54. The molecule has 0 bridgehead atoms. The van der Waals surface area contributed by atoms with E-state index in [4.69, 9.17) is 23.2 Å².